The number of hydrogen-bond acceptors (Lipinski definition) is 7. The maximum absolute atomic E-state index is 13.1. The number of thioether (sulfide) groups is 1. The largest absolute Gasteiger partial charge is 0.491 e. The molecule has 220 valence electrons. The Labute approximate surface area is 255 Å². The highest BCUT2D eigenvalue weighted by atomic mass is 35.5. The minimum atomic E-state index is -0.377. The molecule has 1 aliphatic heterocycles. The number of hydrogen-bond donors (Lipinski definition) is 1. The number of rotatable bonds is 12. The molecular weight excluding hydrogens is 576 g/mol. The summed E-state index contributed by atoms with van der Waals surface area (Å²) >= 11 is 6.85. The molecule has 8 nitrogen and oxygen atoms in total. The van der Waals surface area contributed by atoms with Gasteiger partial charge in [-0.05, 0) is 90.7 Å². The normalized spacial score (nSPS) is 14.0. The van der Waals surface area contributed by atoms with E-state index in [1.165, 1.54) is 4.90 Å². The molecule has 0 spiro atoms. The predicted molar refractivity (Wildman–Crippen MR) is 167 cm³/mol. The van der Waals surface area contributed by atoms with Crippen molar-refractivity contribution in [2.24, 2.45) is 0 Å². The van der Waals surface area contributed by atoms with E-state index >= 15 is 0 Å². The molecular formula is C32H33ClN2O6S. The monoisotopic (exact) mass is 608 g/mol. The van der Waals surface area contributed by atoms with Gasteiger partial charge < -0.3 is 19.5 Å². The molecule has 0 aliphatic carbocycles. The van der Waals surface area contributed by atoms with Gasteiger partial charge in [-0.2, -0.15) is 0 Å². The summed E-state index contributed by atoms with van der Waals surface area (Å²) in [5.41, 5.74) is 3.37. The Morgan fingerprint density at radius 1 is 1.00 bits per heavy atom. The summed E-state index contributed by atoms with van der Waals surface area (Å²) in [6, 6.07) is 18.0. The van der Waals surface area contributed by atoms with Gasteiger partial charge in [0.25, 0.3) is 17.1 Å². The Morgan fingerprint density at radius 2 is 1.81 bits per heavy atom. The first-order valence-corrected chi connectivity index (χ1v) is 14.8. The number of halogens is 1. The first-order chi connectivity index (χ1) is 20.1. The van der Waals surface area contributed by atoms with Crippen LogP contribution in [0, 0.1) is 6.92 Å². The van der Waals surface area contributed by atoms with Crippen LogP contribution in [0.15, 0.2) is 65.6 Å². The van der Waals surface area contributed by atoms with Gasteiger partial charge in [-0.3, -0.25) is 19.3 Å². The molecule has 1 fully saturated rings. The lowest BCUT2D eigenvalue weighted by Gasteiger charge is -2.17. The number of nitrogens with one attached hydrogen (secondary N) is 1. The molecule has 0 saturated carbocycles. The van der Waals surface area contributed by atoms with Gasteiger partial charge in [0.2, 0.25) is 0 Å². The summed E-state index contributed by atoms with van der Waals surface area (Å²) in [5.74, 6) is 1.10. The maximum atomic E-state index is 13.1. The zero-order valence-electron chi connectivity index (χ0n) is 23.9. The van der Waals surface area contributed by atoms with Crippen molar-refractivity contribution in [3.05, 3.63) is 87.3 Å². The SMILES string of the molecule is CCOc1cc(/C=C2\SC(=O)N(CCOc3cc(C)ccc3C(C)C)C2=O)ccc1OCC(=O)Nc1cccc(Cl)c1. The lowest BCUT2D eigenvalue weighted by atomic mass is 10.0. The van der Waals surface area contributed by atoms with Gasteiger partial charge in [-0.15, -0.1) is 0 Å². The lowest BCUT2D eigenvalue weighted by molar-refractivity contribution is -0.123. The number of ether oxygens (including phenoxy) is 3. The third-order valence-electron chi connectivity index (χ3n) is 6.27. The van der Waals surface area contributed by atoms with Crippen molar-refractivity contribution >= 4 is 52.2 Å². The van der Waals surface area contributed by atoms with Crippen molar-refractivity contribution in [2.45, 2.75) is 33.6 Å². The minimum Gasteiger partial charge on any atom is -0.491 e. The Bertz CT molecular complexity index is 1510. The fourth-order valence-electron chi connectivity index (χ4n) is 4.24. The van der Waals surface area contributed by atoms with Gasteiger partial charge in [-0.1, -0.05) is 49.7 Å². The van der Waals surface area contributed by atoms with E-state index in [2.05, 4.69) is 19.2 Å². The van der Waals surface area contributed by atoms with E-state index in [0.29, 0.717) is 39.3 Å². The smallest absolute Gasteiger partial charge is 0.293 e. The second kappa shape index (κ2) is 14.3. The van der Waals surface area contributed by atoms with Crippen LogP contribution >= 0.6 is 23.4 Å². The van der Waals surface area contributed by atoms with E-state index in [1.54, 1.807) is 48.5 Å². The molecule has 1 aliphatic rings. The Hall–Kier alpha value is -3.95. The molecule has 3 aromatic rings. The first kappa shape index (κ1) is 31.0. The van der Waals surface area contributed by atoms with Crippen molar-refractivity contribution in [1.82, 2.24) is 4.90 Å². The van der Waals surface area contributed by atoms with Crippen LogP contribution in [0.25, 0.3) is 6.08 Å². The molecule has 1 saturated heterocycles. The molecule has 0 bridgehead atoms. The van der Waals surface area contributed by atoms with E-state index in [9.17, 15) is 14.4 Å². The fraction of sp³-hybridized carbons (Fsp3) is 0.281. The Kier molecular flexibility index (Phi) is 10.5. The average molecular weight is 609 g/mol. The molecule has 0 aromatic heterocycles. The Balaban J connectivity index is 1.39. The van der Waals surface area contributed by atoms with Gasteiger partial charge >= 0.3 is 0 Å². The molecule has 10 heteroatoms. The molecule has 1 heterocycles. The maximum Gasteiger partial charge on any atom is 0.293 e. The molecule has 1 N–H and O–H groups in total. The zero-order chi connectivity index (χ0) is 30.2. The van der Waals surface area contributed by atoms with Gasteiger partial charge in [0.1, 0.15) is 12.4 Å². The molecule has 0 unspecified atom stereocenters. The number of nitrogens with zero attached hydrogens (tertiary/aromatic N) is 1. The molecule has 4 rings (SSSR count). The molecule has 0 atom stereocenters. The first-order valence-electron chi connectivity index (χ1n) is 13.6. The number of benzene rings is 3. The summed E-state index contributed by atoms with van der Waals surface area (Å²) < 4.78 is 17.4. The number of aryl methyl sites for hydroxylation is 1. The summed E-state index contributed by atoms with van der Waals surface area (Å²) in [4.78, 5) is 39.6. The van der Waals surface area contributed by atoms with E-state index in [1.807, 2.05) is 32.0 Å². The van der Waals surface area contributed by atoms with E-state index in [4.69, 9.17) is 25.8 Å². The van der Waals surface area contributed by atoms with Crippen LogP contribution in [0.3, 0.4) is 0 Å². The molecule has 42 heavy (non-hydrogen) atoms. The number of carbonyl (C=O) groups excluding carboxylic acids is 3. The minimum absolute atomic E-state index is 0.141. The quantitative estimate of drug-likeness (QED) is 0.216. The summed E-state index contributed by atoms with van der Waals surface area (Å²) in [5, 5.41) is 2.89. The third-order valence-corrected chi connectivity index (χ3v) is 7.41. The number of carbonyl (C=O) groups is 3. The number of anilines is 1. The topological polar surface area (TPSA) is 94.2 Å². The third kappa shape index (κ3) is 8.08. The number of amides is 3. The second-order valence-corrected chi connectivity index (χ2v) is 11.3. The van der Waals surface area contributed by atoms with E-state index < -0.39 is 0 Å². The van der Waals surface area contributed by atoms with Crippen LogP contribution in [0.2, 0.25) is 5.02 Å². The highest BCUT2D eigenvalue weighted by Crippen LogP contribution is 2.35. The lowest BCUT2D eigenvalue weighted by Crippen LogP contribution is -2.32. The summed E-state index contributed by atoms with van der Waals surface area (Å²) in [7, 11) is 0. The van der Waals surface area contributed by atoms with Crippen LogP contribution in [-0.2, 0) is 9.59 Å². The second-order valence-electron chi connectivity index (χ2n) is 9.86. The van der Waals surface area contributed by atoms with Crippen molar-refractivity contribution < 1.29 is 28.6 Å². The van der Waals surface area contributed by atoms with Gasteiger partial charge in [0.15, 0.2) is 18.1 Å². The molecule has 3 amide bonds. The molecule has 0 radical (unpaired) electrons. The molecule has 3 aromatic carbocycles. The van der Waals surface area contributed by atoms with Crippen LogP contribution in [-0.4, -0.2) is 48.3 Å². The Morgan fingerprint density at radius 3 is 2.55 bits per heavy atom. The summed E-state index contributed by atoms with van der Waals surface area (Å²) in [6.07, 6.45) is 1.64. The van der Waals surface area contributed by atoms with Crippen molar-refractivity contribution in [3.63, 3.8) is 0 Å². The van der Waals surface area contributed by atoms with Crippen molar-refractivity contribution in [3.8, 4) is 17.2 Å². The van der Waals surface area contributed by atoms with Crippen LogP contribution < -0.4 is 19.5 Å². The van der Waals surface area contributed by atoms with Crippen LogP contribution in [0.4, 0.5) is 10.5 Å². The highest BCUT2D eigenvalue weighted by molar-refractivity contribution is 8.18. The average Bonchev–Trinajstić information content (AvgIpc) is 3.20. The van der Waals surface area contributed by atoms with Gasteiger partial charge in [0, 0.05) is 10.7 Å². The number of imide groups is 1. The fourth-order valence-corrected chi connectivity index (χ4v) is 5.30. The highest BCUT2D eigenvalue weighted by Gasteiger charge is 2.35. The zero-order valence-corrected chi connectivity index (χ0v) is 25.5. The van der Waals surface area contributed by atoms with Crippen molar-refractivity contribution in [2.75, 3.05) is 31.7 Å². The predicted octanol–water partition coefficient (Wildman–Crippen LogP) is 7.30. The van der Waals surface area contributed by atoms with Crippen LogP contribution in [0.1, 0.15) is 43.4 Å². The van der Waals surface area contributed by atoms with Crippen molar-refractivity contribution in [1.29, 1.82) is 0 Å². The standard InChI is InChI=1S/C32H33ClN2O6S/c1-5-39-28-16-22(10-12-26(28)41-19-30(36)34-24-8-6-7-23(33)18-24)17-29-31(37)35(32(38)42-29)13-14-40-27-15-21(4)9-11-25(27)20(2)3/h6-12,15-18,20H,5,13-14,19H2,1-4H3,(H,34,36)/b29-17-. The van der Waals surface area contributed by atoms with Gasteiger partial charge in [0.05, 0.1) is 18.1 Å². The summed E-state index contributed by atoms with van der Waals surface area (Å²) in [6.45, 7) is 8.46. The van der Waals surface area contributed by atoms with Gasteiger partial charge in [-0.25, -0.2) is 0 Å². The van der Waals surface area contributed by atoms with E-state index in [0.717, 1.165) is 28.6 Å². The van der Waals surface area contributed by atoms with E-state index in [-0.39, 0.29) is 42.7 Å². The van der Waals surface area contributed by atoms with Crippen LogP contribution in [0.5, 0.6) is 17.2 Å².